The Kier molecular flexibility index (Phi) is 6.33. The van der Waals surface area contributed by atoms with Crippen LogP contribution in [0.5, 0.6) is 5.75 Å². The SMILES string of the molecule is CCN1c2cc(OC)c(/C=N\Nc3ccc([N+](=O)[O-])cc3[N+](=O)[O-])cc2C(C)CC1(C)C. The maximum Gasteiger partial charge on any atom is 0.301 e. The Labute approximate surface area is 186 Å². The summed E-state index contributed by atoms with van der Waals surface area (Å²) in [6.07, 6.45) is 2.54. The van der Waals surface area contributed by atoms with Crippen molar-refractivity contribution in [3.05, 3.63) is 61.7 Å². The number of non-ortho nitro benzene ring substituents is 1. The number of hydrogen-bond acceptors (Lipinski definition) is 8. The summed E-state index contributed by atoms with van der Waals surface area (Å²) in [4.78, 5) is 23.2. The quantitative estimate of drug-likeness (QED) is 0.361. The Hall–Kier alpha value is -3.69. The van der Waals surface area contributed by atoms with Crippen LogP contribution in [0.25, 0.3) is 0 Å². The first-order valence-electron chi connectivity index (χ1n) is 10.3. The maximum atomic E-state index is 11.3. The molecule has 0 spiro atoms. The molecule has 1 atom stereocenters. The number of rotatable bonds is 7. The molecule has 2 aromatic rings. The molecule has 10 nitrogen and oxygen atoms in total. The van der Waals surface area contributed by atoms with E-state index in [9.17, 15) is 20.2 Å². The molecule has 0 aliphatic carbocycles. The van der Waals surface area contributed by atoms with Gasteiger partial charge in [0.05, 0.1) is 29.2 Å². The summed E-state index contributed by atoms with van der Waals surface area (Å²) >= 11 is 0. The van der Waals surface area contributed by atoms with Gasteiger partial charge in [-0.2, -0.15) is 5.10 Å². The lowest BCUT2D eigenvalue weighted by Crippen LogP contribution is -2.48. The number of benzene rings is 2. The van der Waals surface area contributed by atoms with Crippen LogP contribution in [0.2, 0.25) is 0 Å². The van der Waals surface area contributed by atoms with E-state index in [0.29, 0.717) is 11.7 Å². The number of anilines is 2. The van der Waals surface area contributed by atoms with Crippen molar-refractivity contribution in [2.45, 2.75) is 45.6 Å². The van der Waals surface area contributed by atoms with Gasteiger partial charge in [-0.15, -0.1) is 0 Å². The van der Waals surface area contributed by atoms with Gasteiger partial charge in [-0.1, -0.05) is 6.92 Å². The molecule has 0 saturated heterocycles. The van der Waals surface area contributed by atoms with Crippen LogP contribution in [0.15, 0.2) is 35.4 Å². The maximum absolute atomic E-state index is 11.3. The fourth-order valence-corrected chi connectivity index (χ4v) is 4.45. The van der Waals surface area contributed by atoms with E-state index in [0.717, 1.165) is 30.3 Å². The minimum Gasteiger partial charge on any atom is -0.496 e. The molecule has 0 amide bonds. The third kappa shape index (κ3) is 4.34. The molecule has 1 aliphatic heterocycles. The van der Waals surface area contributed by atoms with Gasteiger partial charge in [-0.05, 0) is 50.8 Å². The van der Waals surface area contributed by atoms with Crippen molar-refractivity contribution in [1.82, 2.24) is 0 Å². The monoisotopic (exact) mass is 441 g/mol. The Balaban J connectivity index is 1.94. The molecule has 170 valence electrons. The second-order valence-electron chi connectivity index (χ2n) is 8.40. The van der Waals surface area contributed by atoms with Crippen molar-refractivity contribution in [2.24, 2.45) is 5.10 Å². The molecule has 0 radical (unpaired) electrons. The van der Waals surface area contributed by atoms with Gasteiger partial charge in [0.2, 0.25) is 0 Å². The molecule has 1 heterocycles. The van der Waals surface area contributed by atoms with E-state index in [1.54, 1.807) is 7.11 Å². The smallest absolute Gasteiger partial charge is 0.301 e. The van der Waals surface area contributed by atoms with Crippen molar-refractivity contribution in [3.63, 3.8) is 0 Å². The number of nitrogens with zero attached hydrogens (tertiary/aromatic N) is 4. The van der Waals surface area contributed by atoms with Crippen molar-refractivity contribution < 1.29 is 14.6 Å². The second-order valence-corrected chi connectivity index (χ2v) is 8.40. The number of nitrogens with one attached hydrogen (secondary N) is 1. The predicted octanol–water partition coefficient (Wildman–Crippen LogP) is 5.07. The fraction of sp³-hybridized carbons (Fsp3) is 0.409. The highest BCUT2D eigenvalue weighted by Gasteiger charge is 2.36. The Bertz CT molecular complexity index is 1080. The van der Waals surface area contributed by atoms with Crippen molar-refractivity contribution in [2.75, 3.05) is 24.0 Å². The zero-order chi connectivity index (χ0) is 23.6. The first-order valence-corrected chi connectivity index (χ1v) is 10.3. The van der Waals surface area contributed by atoms with Crippen LogP contribution < -0.4 is 15.1 Å². The summed E-state index contributed by atoms with van der Waals surface area (Å²) in [6, 6.07) is 7.40. The normalized spacial score (nSPS) is 17.2. The molecule has 1 aliphatic rings. The molecule has 0 aromatic heterocycles. The van der Waals surface area contributed by atoms with Gasteiger partial charge in [-0.3, -0.25) is 25.7 Å². The summed E-state index contributed by atoms with van der Waals surface area (Å²) in [6.45, 7) is 9.66. The Morgan fingerprint density at radius 1 is 1.25 bits per heavy atom. The van der Waals surface area contributed by atoms with Crippen LogP contribution in [-0.4, -0.2) is 35.3 Å². The van der Waals surface area contributed by atoms with Gasteiger partial charge in [0.25, 0.3) is 5.69 Å². The van der Waals surface area contributed by atoms with Crippen LogP contribution in [0.1, 0.15) is 51.2 Å². The first-order chi connectivity index (χ1) is 15.1. The van der Waals surface area contributed by atoms with Gasteiger partial charge < -0.3 is 9.64 Å². The van der Waals surface area contributed by atoms with Crippen LogP contribution in [-0.2, 0) is 0 Å². The van der Waals surface area contributed by atoms with Crippen molar-refractivity contribution in [3.8, 4) is 5.75 Å². The van der Waals surface area contributed by atoms with Crippen LogP contribution >= 0.6 is 0 Å². The van der Waals surface area contributed by atoms with Gasteiger partial charge in [0.1, 0.15) is 11.4 Å². The molecule has 3 rings (SSSR count). The number of methoxy groups -OCH3 is 1. The molecular formula is C22H27N5O5. The molecule has 1 unspecified atom stereocenters. The summed E-state index contributed by atoms with van der Waals surface area (Å²) in [5.41, 5.74) is 4.96. The minimum atomic E-state index is -0.687. The summed E-state index contributed by atoms with van der Waals surface area (Å²) in [5, 5.41) is 26.3. The van der Waals surface area contributed by atoms with Crippen molar-refractivity contribution in [1.29, 1.82) is 0 Å². The lowest BCUT2D eigenvalue weighted by atomic mass is 9.79. The molecule has 0 saturated carbocycles. The molecule has 0 bridgehead atoms. The summed E-state index contributed by atoms with van der Waals surface area (Å²) in [5.74, 6) is 0.973. The lowest BCUT2D eigenvalue weighted by Gasteiger charge is -2.47. The standard InChI is InChI=1S/C22H27N5O5/c1-6-25-19-11-21(32-5)15(9-17(19)14(2)12-22(25,3)4)13-23-24-18-8-7-16(26(28)29)10-20(18)27(30)31/h7-11,13-14,24H,6,12H2,1-5H3/b23-13-. The van der Waals surface area contributed by atoms with Crippen molar-refractivity contribution >= 4 is 29.0 Å². The summed E-state index contributed by atoms with van der Waals surface area (Å²) in [7, 11) is 1.58. The van der Waals surface area contributed by atoms with Gasteiger partial charge in [0.15, 0.2) is 0 Å². The fourth-order valence-electron chi connectivity index (χ4n) is 4.45. The molecule has 1 N–H and O–H groups in total. The van der Waals surface area contributed by atoms with E-state index in [1.807, 2.05) is 12.1 Å². The van der Waals surface area contributed by atoms with E-state index in [4.69, 9.17) is 4.74 Å². The highest BCUT2D eigenvalue weighted by molar-refractivity contribution is 5.87. The largest absolute Gasteiger partial charge is 0.496 e. The number of fused-ring (bicyclic) bond motifs is 1. The zero-order valence-electron chi connectivity index (χ0n) is 18.8. The molecule has 10 heteroatoms. The Morgan fingerprint density at radius 2 is 1.97 bits per heavy atom. The third-order valence-electron chi connectivity index (χ3n) is 5.83. The number of nitro benzene ring substituents is 2. The van der Waals surface area contributed by atoms with E-state index >= 15 is 0 Å². The van der Waals surface area contributed by atoms with E-state index in [-0.39, 0.29) is 16.9 Å². The summed E-state index contributed by atoms with van der Waals surface area (Å²) < 4.78 is 5.59. The highest BCUT2D eigenvalue weighted by atomic mass is 16.6. The molecular weight excluding hydrogens is 414 g/mol. The average Bonchev–Trinajstić information content (AvgIpc) is 2.73. The molecule has 0 fully saturated rings. The van der Waals surface area contributed by atoms with E-state index in [1.165, 1.54) is 23.9 Å². The molecule has 32 heavy (non-hydrogen) atoms. The third-order valence-corrected chi connectivity index (χ3v) is 5.83. The highest BCUT2D eigenvalue weighted by Crippen LogP contribution is 2.45. The number of nitro groups is 2. The Morgan fingerprint density at radius 3 is 2.56 bits per heavy atom. The topological polar surface area (TPSA) is 123 Å². The number of ether oxygens (including phenoxy) is 1. The second kappa shape index (κ2) is 8.81. The molecule has 2 aromatic carbocycles. The van der Waals surface area contributed by atoms with Crippen LogP contribution in [0, 0.1) is 20.2 Å². The number of hydrazone groups is 1. The minimum absolute atomic E-state index is 0.0260. The van der Waals surface area contributed by atoms with Gasteiger partial charge in [-0.25, -0.2) is 0 Å². The van der Waals surface area contributed by atoms with Crippen LogP contribution in [0.4, 0.5) is 22.7 Å². The number of hydrogen-bond donors (Lipinski definition) is 1. The van der Waals surface area contributed by atoms with Crippen LogP contribution in [0.3, 0.4) is 0 Å². The van der Waals surface area contributed by atoms with E-state index in [2.05, 4.69) is 43.1 Å². The zero-order valence-corrected chi connectivity index (χ0v) is 18.8. The van der Waals surface area contributed by atoms with E-state index < -0.39 is 15.5 Å². The predicted molar refractivity (Wildman–Crippen MR) is 124 cm³/mol. The lowest BCUT2D eigenvalue weighted by molar-refractivity contribution is -0.393. The first kappa shape index (κ1) is 23.0. The average molecular weight is 441 g/mol. The van der Waals surface area contributed by atoms with Gasteiger partial charge >= 0.3 is 5.69 Å². The van der Waals surface area contributed by atoms with Gasteiger partial charge in [0, 0.05) is 35.5 Å².